The molecule has 7 heteroatoms. The highest BCUT2D eigenvalue weighted by Gasteiger charge is 2.41. The Morgan fingerprint density at radius 3 is 2.83 bits per heavy atom. The molecule has 128 valence electrons. The van der Waals surface area contributed by atoms with E-state index in [-0.39, 0.29) is 5.60 Å². The Morgan fingerprint density at radius 1 is 1.08 bits per heavy atom. The van der Waals surface area contributed by atoms with Gasteiger partial charge in [-0.05, 0) is 18.2 Å². The minimum absolute atomic E-state index is 0.361. The number of furan rings is 1. The zero-order valence-corrected chi connectivity index (χ0v) is 13.6. The van der Waals surface area contributed by atoms with Crippen LogP contribution in [-0.2, 0) is 16.0 Å². The molecule has 2 aromatic heterocycles. The Morgan fingerprint density at radius 2 is 2.00 bits per heavy atom. The van der Waals surface area contributed by atoms with Gasteiger partial charge in [-0.2, -0.15) is 0 Å². The molecule has 1 unspecified atom stereocenters. The molecular weight excluding hydrogens is 308 g/mol. The summed E-state index contributed by atoms with van der Waals surface area (Å²) < 4.78 is 17.5. The van der Waals surface area contributed by atoms with E-state index in [1.54, 1.807) is 18.7 Å². The lowest BCUT2D eigenvalue weighted by Crippen LogP contribution is -2.58. The topological polar surface area (TPSA) is 63.9 Å². The number of hydrogen-bond acceptors (Lipinski definition) is 7. The Kier molecular flexibility index (Phi) is 4.46. The van der Waals surface area contributed by atoms with Gasteiger partial charge in [0.2, 0.25) is 5.95 Å². The average Bonchev–Trinajstić information content (AvgIpc) is 3.03. The first-order chi connectivity index (χ1) is 11.8. The Bertz CT molecular complexity index is 637. The summed E-state index contributed by atoms with van der Waals surface area (Å²) in [5.74, 6) is 1.71. The van der Waals surface area contributed by atoms with Crippen LogP contribution in [0.3, 0.4) is 0 Å². The van der Waals surface area contributed by atoms with Gasteiger partial charge in [-0.15, -0.1) is 0 Å². The lowest BCUT2D eigenvalue weighted by atomic mass is 10.0. The fraction of sp³-hybridized carbons (Fsp3) is 0.529. The van der Waals surface area contributed by atoms with Gasteiger partial charge in [0.25, 0.3) is 0 Å². The highest BCUT2D eigenvalue weighted by molar-refractivity contribution is 5.30. The van der Waals surface area contributed by atoms with Gasteiger partial charge in [0.1, 0.15) is 11.4 Å². The van der Waals surface area contributed by atoms with E-state index in [9.17, 15) is 0 Å². The third-order valence-corrected chi connectivity index (χ3v) is 4.47. The van der Waals surface area contributed by atoms with Crippen molar-refractivity contribution in [1.29, 1.82) is 0 Å². The summed E-state index contributed by atoms with van der Waals surface area (Å²) in [5.41, 5.74) is -0.361. The molecule has 2 aromatic rings. The Hall–Kier alpha value is -1.96. The molecule has 0 radical (unpaired) electrons. The van der Waals surface area contributed by atoms with Crippen molar-refractivity contribution in [3.63, 3.8) is 0 Å². The second kappa shape index (κ2) is 6.88. The van der Waals surface area contributed by atoms with Gasteiger partial charge in [-0.3, -0.25) is 4.90 Å². The summed E-state index contributed by atoms with van der Waals surface area (Å²) in [4.78, 5) is 13.3. The number of nitrogens with zero attached hydrogens (tertiary/aromatic N) is 4. The number of morpholine rings is 1. The molecule has 0 saturated carbocycles. The van der Waals surface area contributed by atoms with Gasteiger partial charge in [-0.1, -0.05) is 0 Å². The first-order valence-corrected chi connectivity index (χ1v) is 8.31. The number of ether oxygens (including phenoxy) is 2. The second-order valence-electron chi connectivity index (χ2n) is 6.34. The van der Waals surface area contributed by atoms with Crippen molar-refractivity contribution in [3.8, 4) is 0 Å². The monoisotopic (exact) mass is 330 g/mol. The molecule has 2 aliphatic rings. The van der Waals surface area contributed by atoms with Crippen molar-refractivity contribution in [2.24, 2.45) is 0 Å². The molecular formula is C17H22N4O3. The zero-order valence-electron chi connectivity index (χ0n) is 13.6. The summed E-state index contributed by atoms with van der Waals surface area (Å²) >= 11 is 0. The van der Waals surface area contributed by atoms with E-state index in [1.807, 2.05) is 18.2 Å². The maximum absolute atomic E-state index is 6.19. The van der Waals surface area contributed by atoms with Gasteiger partial charge in [0.15, 0.2) is 0 Å². The van der Waals surface area contributed by atoms with Crippen LogP contribution in [0.5, 0.6) is 0 Å². The van der Waals surface area contributed by atoms with Crippen LogP contribution in [0.15, 0.2) is 41.3 Å². The van der Waals surface area contributed by atoms with Crippen molar-refractivity contribution in [3.05, 3.63) is 42.6 Å². The second-order valence-corrected chi connectivity index (χ2v) is 6.34. The third-order valence-electron chi connectivity index (χ3n) is 4.47. The number of hydrogen-bond donors (Lipinski definition) is 0. The summed E-state index contributed by atoms with van der Waals surface area (Å²) in [6.07, 6.45) is 5.26. The predicted molar refractivity (Wildman–Crippen MR) is 87.7 cm³/mol. The van der Waals surface area contributed by atoms with Crippen molar-refractivity contribution >= 4 is 5.95 Å². The highest BCUT2D eigenvalue weighted by atomic mass is 16.5. The highest BCUT2D eigenvalue weighted by Crippen LogP contribution is 2.25. The van der Waals surface area contributed by atoms with Gasteiger partial charge in [0, 0.05) is 32.0 Å². The van der Waals surface area contributed by atoms with E-state index in [2.05, 4.69) is 19.8 Å². The Labute approximate surface area is 141 Å². The van der Waals surface area contributed by atoms with E-state index in [1.165, 1.54) is 0 Å². The van der Waals surface area contributed by atoms with Gasteiger partial charge in [-0.25, -0.2) is 9.97 Å². The predicted octanol–water partition coefficient (Wildman–Crippen LogP) is 1.18. The van der Waals surface area contributed by atoms with E-state index in [0.29, 0.717) is 19.8 Å². The van der Waals surface area contributed by atoms with Crippen LogP contribution in [0.2, 0.25) is 0 Å². The molecule has 0 bridgehead atoms. The lowest BCUT2D eigenvalue weighted by molar-refractivity contribution is -0.135. The third kappa shape index (κ3) is 3.43. The van der Waals surface area contributed by atoms with Crippen molar-refractivity contribution in [2.75, 3.05) is 50.9 Å². The molecule has 0 N–H and O–H groups in total. The first-order valence-electron chi connectivity index (χ1n) is 8.31. The average molecular weight is 330 g/mol. The minimum Gasteiger partial charge on any atom is -0.468 e. The number of rotatable bonds is 3. The molecule has 0 aliphatic carbocycles. The van der Waals surface area contributed by atoms with Crippen molar-refractivity contribution in [2.45, 2.75) is 12.1 Å². The maximum Gasteiger partial charge on any atom is 0.225 e. The lowest BCUT2D eigenvalue weighted by Gasteiger charge is -2.43. The fourth-order valence-corrected chi connectivity index (χ4v) is 3.39. The van der Waals surface area contributed by atoms with E-state index < -0.39 is 0 Å². The molecule has 0 aromatic carbocycles. The van der Waals surface area contributed by atoms with E-state index in [0.717, 1.165) is 44.4 Å². The minimum atomic E-state index is -0.361. The molecule has 1 spiro atoms. The molecule has 4 heterocycles. The summed E-state index contributed by atoms with van der Waals surface area (Å²) in [7, 11) is 0. The molecule has 2 fully saturated rings. The Balaban J connectivity index is 1.49. The van der Waals surface area contributed by atoms with Gasteiger partial charge >= 0.3 is 0 Å². The zero-order chi connectivity index (χ0) is 16.2. The SMILES string of the molecule is c1cnc(N2CCOCC3(CN(Cc4ccco4)CCO3)C2)nc1. The van der Waals surface area contributed by atoms with Crippen LogP contribution in [-0.4, -0.2) is 66.5 Å². The van der Waals surface area contributed by atoms with Crippen LogP contribution >= 0.6 is 0 Å². The van der Waals surface area contributed by atoms with Crippen molar-refractivity contribution < 1.29 is 13.9 Å². The molecule has 2 aliphatic heterocycles. The first kappa shape index (κ1) is 15.6. The quantitative estimate of drug-likeness (QED) is 0.837. The molecule has 4 rings (SSSR count). The van der Waals surface area contributed by atoms with Crippen LogP contribution in [0, 0.1) is 0 Å². The summed E-state index contributed by atoms with van der Waals surface area (Å²) in [5, 5.41) is 0. The smallest absolute Gasteiger partial charge is 0.225 e. The standard InChI is InChI=1S/C17H22N4O3/c1-3-15(23-8-1)11-20-6-10-24-17(12-20)13-21(7-9-22-14-17)16-18-4-2-5-19-16/h1-5,8H,6-7,9-14H2. The van der Waals surface area contributed by atoms with Crippen molar-refractivity contribution in [1.82, 2.24) is 14.9 Å². The molecule has 24 heavy (non-hydrogen) atoms. The van der Waals surface area contributed by atoms with Crippen LogP contribution in [0.4, 0.5) is 5.95 Å². The summed E-state index contributed by atoms with van der Waals surface area (Å²) in [6, 6.07) is 5.76. The van der Waals surface area contributed by atoms with Crippen LogP contribution in [0.1, 0.15) is 5.76 Å². The van der Waals surface area contributed by atoms with E-state index in [4.69, 9.17) is 13.9 Å². The normalized spacial score (nSPS) is 25.8. The molecule has 2 saturated heterocycles. The van der Waals surface area contributed by atoms with Gasteiger partial charge < -0.3 is 18.8 Å². The van der Waals surface area contributed by atoms with E-state index >= 15 is 0 Å². The number of anilines is 1. The largest absolute Gasteiger partial charge is 0.468 e. The van der Waals surface area contributed by atoms with Crippen LogP contribution < -0.4 is 4.90 Å². The van der Waals surface area contributed by atoms with Gasteiger partial charge in [0.05, 0.1) is 39.2 Å². The molecule has 7 nitrogen and oxygen atoms in total. The summed E-state index contributed by atoms with van der Waals surface area (Å²) in [6.45, 7) is 5.92. The van der Waals surface area contributed by atoms with Crippen LogP contribution in [0.25, 0.3) is 0 Å². The number of aromatic nitrogens is 2. The molecule has 1 atom stereocenters. The molecule has 0 amide bonds. The fourth-order valence-electron chi connectivity index (χ4n) is 3.39. The maximum atomic E-state index is 6.19.